The van der Waals surface area contributed by atoms with Crippen LogP contribution in [0.15, 0.2) is 24.3 Å². The highest BCUT2D eigenvalue weighted by molar-refractivity contribution is 5.73. The first-order valence-corrected chi connectivity index (χ1v) is 6.21. The molecule has 94 valence electrons. The third-order valence-electron chi connectivity index (χ3n) is 3.24. The summed E-state index contributed by atoms with van der Waals surface area (Å²) in [4.78, 5) is 13.2. The quantitative estimate of drug-likeness (QED) is 0.859. The average Bonchev–Trinajstić information content (AvgIpc) is 2.39. The smallest absolute Gasteiger partial charge is 0.217 e. The van der Waals surface area contributed by atoms with Gasteiger partial charge in [-0.2, -0.15) is 5.26 Å². The Hall–Kier alpha value is -2.02. The Bertz CT molecular complexity index is 470. The standard InChI is InChI=1S/C14H17N3O/c1-11(18)16-13-5-7-17(8-6-13)14-4-2-3-12(9-14)10-15/h2-4,9,13H,5-8H2,1H3,(H,16,18). The number of carbonyl (C=O) groups is 1. The second-order valence-corrected chi connectivity index (χ2v) is 4.62. The SMILES string of the molecule is CC(=O)NC1CCN(c2cccc(C#N)c2)CC1. The van der Waals surface area contributed by atoms with Gasteiger partial charge in [0.15, 0.2) is 0 Å². The molecule has 1 aliphatic heterocycles. The maximum absolute atomic E-state index is 11.0. The van der Waals surface area contributed by atoms with Crippen molar-refractivity contribution in [2.75, 3.05) is 18.0 Å². The predicted molar refractivity (Wildman–Crippen MR) is 70.2 cm³/mol. The molecule has 0 bridgehead atoms. The molecule has 1 fully saturated rings. The minimum atomic E-state index is 0.0416. The van der Waals surface area contributed by atoms with Gasteiger partial charge in [0.1, 0.15) is 0 Å². The summed E-state index contributed by atoms with van der Waals surface area (Å²) < 4.78 is 0. The van der Waals surface area contributed by atoms with Gasteiger partial charge in [0.25, 0.3) is 0 Å². The van der Waals surface area contributed by atoms with Gasteiger partial charge in [-0.1, -0.05) is 6.07 Å². The van der Waals surface area contributed by atoms with Crippen molar-refractivity contribution in [3.05, 3.63) is 29.8 Å². The first kappa shape index (κ1) is 12.4. The van der Waals surface area contributed by atoms with E-state index in [1.807, 2.05) is 24.3 Å². The molecule has 0 radical (unpaired) electrons. The monoisotopic (exact) mass is 243 g/mol. The summed E-state index contributed by atoms with van der Waals surface area (Å²) in [5, 5.41) is 11.8. The lowest BCUT2D eigenvalue weighted by atomic mass is 10.0. The number of hydrogen-bond acceptors (Lipinski definition) is 3. The molecule has 1 heterocycles. The van der Waals surface area contributed by atoms with E-state index in [1.165, 1.54) is 0 Å². The second kappa shape index (κ2) is 5.54. The van der Waals surface area contributed by atoms with E-state index in [2.05, 4.69) is 16.3 Å². The van der Waals surface area contributed by atoms with Crippen molar-refractivity contribution in [1.82, 2.24) is 5.32 Å². The molecule has 1 aromatic rings. The first-order valence-electron chi connectivity index (χ1n) is 6.21. The van der Waals surface area contributed by atoms with Crippen molar-refractivity contribution < 1.29 is 4.79 Å². The highest BCUT2D eigenvalue weighted by atomic mass is 16.1. The van der Waals surface area contributed by atoms with Crippen LogP contribution in [0.2, 0.25) is 0 Å². The van der Waals surface area contributed by atoms with E-state index in [0.29, 0.717) is 5.56 Å². The Balaban J connectivity index is 1.97. The number of nitrogens with zero attached hydrogens (tertiary/aromatic N) is 2. The highest BCUT2D eigenvalue weighted by Gasteiger charge is 2.19. The lowest BCUT2D eigenvalue weighted by molar-refractivity contribution is -0.119. The minimum absolute atomic E-state index is 0.0416. The molecule has 0 aromatic heterocycles. The molecular weight excluding hydrogens is 226 g/mol. The Morgan fingerprint density at radius 1 is 1.44 bits per heavy atom. The minimum Gasteiger partial charge on any atom is -0.371 e. The first-order chi connectivity index (χ1) is 8.69. The van der Waals surface area contributed by atoms with Gasteiger partial charge in [-0.05, 0) is 31.0 Å². The summed E-state index contributed by atoms with van der Waals surface area (Å²) in [6.45, 7) is 3.39. The zero-order valence-electron chi connectivity index (χ0n) is 10.5. The van der Waals surface area contributed by atoms with Crippen LogP contribution in [0.4, 0.5) is 5.69 Å². The van der Waals surface area contributed by atoms with Gasteiger partial charge in [0, 0.05) is 31.7 Å². The van der Waals surface area contributed by atoms with Crippen molar-refractivity contribution in [3.8, 4) is 6.07 Å². The van der Waals surface area contributed by atoms with Crippen molar-refractivity contribution >= 4 is 11.6 Å². The summed E-state index contributed by atoms with van der Waals surface area (Å²) in [6.07, 6.45) is 1.91. The average molecular weight is 243 g/mol. The Morgan fingerprint density at radius 3 is 2.78 bits per heavy atom. The number of carbonyl (C=O) groups excluding carboxylic acids is 1. The maximum atomic E-state index is 11.0. The molecule has 1 amide bonds. The fourth-order valence-corrected chi connectivity index (χ4v) is 2.34. The lowest BCUT2D eigenvalue weighted by Crippen LogP contribution is -2.44. The van der Waals surface area contributed by atoms with Crippen LogP contribution in [0.1, 0.15) is 25.3 Å². The van der Waals surface area contributed by atoms with Crippen LogP contribution in [0.5, 0.6) is 0 Å². The van der Waals surface area contributed by atoms with Gasteiger partial charge >= 0.3 is 0 Å². The van der Waals surface area contributed by atoms with E-state index in [0.717, 1.165) is 31.6 Å². The van der Waals surface area contributed by atoms with Crippen molar-refractivity contribution in [1.29, 1.82) is 5.26 Å². The summed E-state index contributed by atoms with van der Waals surface area (Å²) in [5.74, 6) is 0.0416. The number of hydrogen-bond donors (Lipinski definition) is 1. The van der Waals surface area contributed by atoms with Crippen LogP contribution in [-0.2, 0) is 4.79 Å². The molecule has 1 aliphatic rings. The van der Waals surface area contributed by atoms with E-state index in [4.69, 9.17) is 5.26 Å². The van der Waals surface area contributed by atoms with Gasteiger partial charge in [0.2, 0.25) is 5.91 Å². The molecule has 1 aromatic carbocycles. The number of nitriles is 1. The number of piperidine rings is 1. The summed E-state index contributed by atoms with van der Waals surface area (Å²) in [5.41, 5.74) is 1.78. The molecule has 0 saturated carbocycles. The molecular formula is C14H17N3O. The predicted octanol–water partition coefficient (Wildman–Crippen LogP) is 1.66. The number of nitrogens with one attached hydrogen (secondary N) is 1. The summed E-state index contributed by atoms with van der Waals surface area (Å²) >= 11 is 0. The third-order valence-corrected chi connectivity index (χ3v) is 3.24. The van der Waals surface area contributed by atoms with Gasteiger partial charge in [-0.3, -0.25) is 4.79 Å². The van der Waals surface area contributed by atoms with Crippen LogP contribution in [0, 0.1) is 11.3 Å². The number of anilines is 1. The highest BCUT2D eigenvalue weighted by Crippen LogP contribution is 2.20. The second-order valence-electron chi connectivity index (χ2n) is 4.62. The molecule has 0 aliphatic carbocycles. The van der Waals surface area contributed by atoms with Crippen LogP contribution in [0.25, 0.3) is 0 Å². The third kappa shape index (κ3) is 3.01. The van der Waals surface area contributed by atoms with Crippen LogP contribution >= 0.6 is 0 Å². The van der Waals surface area contributed by atoms with Crippen molar-refractivity contribution in [2.45, 2.75) is 25.8 Å². The van der Waals surface area contributed by atoms with Gasteiger partial charge in [0.05, 0.1) is 11.6 Å². The normalized spacial score (nSPS) is 16.1. The zero-order valence-corrected chi connectivity index (χ0v) is 10.5. The number of benzene rings is 1. The largest absolute Gasteiger partial charge is 0.371 e. The van der Waals surface area contributed by atoms with E-state index in [9.17, 15) is 4.79 Å². The Kier molecular flexibility index (Phi) is 3.83. The van der Waals surface area contributed by atoms with Crippen LogP contribution in [-0.4, -0.2) is 25.0 Å². The van der Waals surface area contributed by atoms with Crippen LogP contribution < -0.4 is 10.2 Å². The van der Waals surface area contributed by atoms with E-state index < -0.39 is 0 Å². The fraction of sp³-hybridized carbons (Fsp3) is 0.429. The van der Waals surface area contributed by atoms with E-state index in [1.54, 1.807) is 6.92 Å². The van der Waals surface area contributed by atoms with Crippen molar-refractivity contribution in [2.24, 2.45) is 0 Å². The number of rotatable bonds is 2. The molecule has 4 nitrogen and oxygen atoms in total. The summed E-state index contributed by atoms with van der Waals surface area (Å²) in [6, 6.07) is 10.1. The van der Waals surface area contributed by atoms with E-state index in [-0.39, 0.29) is 11.9 Å². The molecule has 1 saturated heterocycles. The molecule has 4 heteroatoms. The molecule has 2 rings (SSSR count). The molecule has 0 atom stereocenters. The summed E-state index contributed by atoms with van der Waals surface area (Å²) in [7, 11) is 0. The van der Waals surface area contributed by atoms with Gasteiger partial charge in [-0.15, -0.1) is 0 Å². The zero-order chi connectivity index (χ0) is 13.0. The van der Waals surface area contributed by atoms with E-state index >= 15 is 0 Å². The van der Waals surface area contributed by atoms with Gasteiger partial charge in [-0.25, -0.2) is 0 Å². The molecule has 0 spiro atoms. The van der Waals surface area contributed by atoms with Gasteiger partial charge < -0.3 is 10.2 Å². The van der Waals surface area contributed by atoms with Crippen molar-refractivity contribution in [3.63, 3.8) is 0 Å². The molecule has 1 N–H and O–H groups in total. The molecule has 0 unspecified atom stereocenters. The molecule has 18 heavy (non-hydrogen) atoms. The Labute approximate surface area is 107 Å². The Morgan fingerprint density at radius 2 is 2.17 bits per heavy atom. The number of amides is 1. The topological polar surface area (TPSA) is 56.1 Å². The lowest BCUT2D eigenvalue weighted by Gasteiger charge is -2.33. The van der Waals surface area contributed by atoms with Crippen LogP contribution in [0.3, 0.4) is 0 Å². The fourth-order valence-electron chi connectivity index (χ4n) is 2.34. The maximum Gasteiger partial charge on any atom is 0.217 e.